The maximum atomic E-state index is 11.6. The zero-order valence-electron chi connectivity index (χ0n) is 7.84. The van der Waals surface area contributed by atoms with Crippen LogP contribution in [0.15, 0.2) is 33.6 Å². The molecule has 0 atom stereocenters. The molecule has 0 aliphatic carbocycles. The highest BCUT2D eigenvalue weighted by molar-refractivity contribution is 8.13. The van der Waals surface area contributed by atoms with Crippen LogP contribution >= 0.6 is 23.4 Å². The number of halogens is 1. The van der Waals surface area contributed by atoms with Gasteiger partial charge in [0.05, 0.1) is 4.90 Å². The first-order chi connectivity index (χ1) is 6.95. The Morgan fingerprint density at radius 3 is 2.40 bits per heavy atom. The molecule has 0 unspecified atom stereocenters. The zero-order chi connectivity index (χ0) is 11.5. The van der Waals surface area contributed by atoms with Crippen LogP contribution in [0.1, 0.15) is 0 Å². The molecule has 1 aromatic carbocycles. The average molecular weight is 265 g/mol. The van der Waals surface area contributed by atoms with E-state index in [2.05, 4.69) is 4.40 Å². The van der Waals surface area contributed by atoms with Gasteiger partial charge in [0, 0.05) is 5.02 Å². The van der Waals surface area contributed by atoms with E-state index in [1.165, 1.54) is 24.3 Å². The van der Waals surface area contributed by atoms with Gasteiger partial charge in [0.1, 0.15) is 0 Å². The molecule has 0 aliphatic heterocycles. The minimum Gasteiger partial charge on any atom is -0.378 e. The van der Waals surface area contributed by atoms with E-state index in [0.717, 1.165) is 11.8 Å². The molecule has 0 radical (unpaired) electrons. The minimum atomic E-state index is -3.70. The van der Waals surface area contributed by atoms with E-state index in [4.69, 9.17) is 17.3 Å². The van der Waals surface area contributed by atoms with Crippen LogP contribution in [0.2, 0.25) is 5.02 Å². The smallest absolute Gasteiger partial charge is 0.284 e. The number of nitrogens with zero attached hydrogens (tertiary/aromatic N) is 1. The lowest BCUT2D eigenvalue weighted by Crippen LogP contribution is -2.09. The van der Waals surface area contributed by atoms with Crippen molar-refractivity contribution in [3.63, 3.8) is 0 Å². The molecule has 0 saturated heterocycles. The molecule has 0 fully saturated rings. The van der Waals surface area contributed by atoms with Gasteiger partial charge in [0.25, 0.3) is 10.0 Å². The molecule has 2 N–H and O–H groups in total. The molecule has 0 aromatic heterocycles. The van der Waals surface area contributed by atoms with Crippen molar-refractivity contribution in [2.45, 2.75) is 4.90 Å². The molecule has 82 valence electrons. The highest BCUT2D eigenvalue weighted by atomic mass is 35.5. The third-order valence-electron chi connectivity index (χ3n) is 1.53. The summed E-state index contributed by atoms with van der Waals surface area (Å²) >= 11 is 6.71. The molecule has 0 bridgehead atoms. The number of nitrogens with two attached hydrogens (primary N) is 1. The normalized spacial score (nSPS) is 12.8. The molecule has 0 spiro atoms. The van der Waals surface area contributed by atoms with Gasteiger partial charge < -0.3 is 5.73 Å². The summed E-state index contributed by atoms with van der Waals surface area (Å²) in [5.74, 6) is 0. The summed E-state index contributed by atoms with van der Waals surface area (Å²) in [5.41, 5.74) is 5.33. The Labute approximate surface area is 97.6 Å². The summed E-state index contributed by atoms with van der Waals surface area (Å²) < 4.78 is 26.6. The fraction of sp³-hybridized carbons (Fsp3) is 0.125. The van der Waals surface area contributed by atoms with Gasteiger partial charge in [-0.25, -0.2) is 0 Å². The molecular formula is C8H9ClN2O2S2. The van der Waals surface area contributed by atoms with Crippen LogP contribution in [-0.4, -0.2) is 19.8 Å². The maximum absolute atomic E-state index is 11.6. The Morgan fingerprint density at radius 2 is 1.93 bits per heavy atom. The van der Waals surface area contributed by atoms with Gasteiger partial charge in [0.2, 0.25) is 0 Å². The van der Waals surface area contributed by atoms with E-state index in [9.17, 15) is 8.42 Å². The molecule has 0 heterocycles. The molecule has 4 nitrogen and oxygen atoms in total. The Morgan fingerprint density at radius 1 is 1.40 bits per heavy atom. The lowest BCUT2D eigenvalue weighted by molar-refractivity contribution is 0.598. The Kier molecular flexibility index (Phi) is 4.01. The van der Waals surface area contributed by atoms with E-state index in [1.54, 1.807) is 6.26 Å². The third kappa shape index (κ3) is 3.40. The highest BCUT2D eigenvalue weighted by Crippen LogP contribution is 2.16. The van der Waals surface area contributed by atoms with Gasteiger partial charge in [-0.15, -0.1) is 4.40 Å². The Bertz CT molecular complexity index is 468. The number of sulfonamides is 1. The van der Waals surface area contributed by atoms with Gasteiger partial charge in [-0.05, 0) is 30.5 Å². The van der Waals surface area contributed by atoms with E-state index in [1.807, 2.05) is 0 Å². The fourth-order valence-corrected chi connectivity index (χ4v) is 2.36. The lowest BCUT2D eigenvalue weighted by Gasteiger charge is -1.99. The van der Waals surface area contributed by atoms with E-state index in [-0.39, 0.29) is 10.1 Å². The topological polar surface area (TPSA) is 72.5 Å². The first-order valence-corrected chi connectivity index (χ1v) is 6.90. The van der Waals surface area contributed by atoms with Gasteiger partial charge >= 0.3 is 0 Å². The third-order valence-corrected chi connectivity index (χ3v) is 3.71. The second kappa shape index (κ2) is 4.87. The SMILES string of the molecule is CS/C(N)=N/S(=O)(=O)c1ccc(Cl)cc1. The van der Waals surface area contributed by atoms with Crippen LogP contribution in [0.5, 0.6) is 0 Å². The van der Waals surface area contributed by atoms with Crippen molar-refractivity contribution in [1.82, 2.24) is 0 Å². The number of hydrogen-bond acceptors (Lipinski definition) is 3. The van der Waals surface area contributed by atoms with Crippen molar-refractivity contribution < 1.29 is 8.42 Å². The van der Waals surface area contributed by atoms with Crippen molar-refractivity contribution in [1.29, 1.82) is 0 Å². The van der Waals surface area contributed by atoms with Gasteiger partial charge in [-0.1, -0.05) is 23.4 Å². The second-order valence-electron chi connectivity index (χ2n) is 2.56. The summed E-state index contributed by atoms with van der Waals surface area (Å²) in [4.78, 5) is 0.0731. The second-order valence-corrected chi connectivity index (χ2v) is 5.43. The van der Waals surface area contributed by atoms with Crippen molar-refractivity contribution in [3.8, 4) is 0 Å². The summed E-state index contributed by atoms with van der Waals surface area (Å²) in [6.07, 6.45) is 1.65. The van der Waals surface area contributed by atoms with Crippen LogP contribution in [0.25, 0.3) is 0 Å². The highest BCUT2D eigenvalue weighted by Gasteiger charge is 2.12. The number of thioether (sulfide) groups is 1. The van der Waals surface area contributed by atoms with Crippen LogP contribution in [0.4, 0.5) is 0 Å². The zero-order valence-corrected chi connectivity index (χ0v) is 10.2. The largest absolute Gasteiger partial charge is 0.378 e. The van der Waals surface area contributed by atoms with Gasteiger partial charge in [0.15, 0.2) is 5.17 Å². The molecular weight excluding hydrogens is 256 g/mol. The molecule has 0 amide bonds. The van der Waals surface area contributed by atoms with Crippen LogP contribution in [-0.2, 0) is 10.0 Å². The summed E-state index contributed by atoms with van der Waals surface area (Å²) in [5, 5.41) is 0.473. The van der Waals surface area contributed by atoms with Crippen LogP contribution < -0.4 is 5.73 Å². The summed E-state index contributed by atoms with van der Waals surface area (Å²) in [6, 6.07) is 5.74. The number of rotatable bonds is 2. The van der Waals surface area contributed by atoms with Crippen molar-refractivity contribution in [2.75, 3.05) is 6.26 Å². The van der Waals surface area contributed by atoms with E-state index in [0.29, 0.717) is 5.02 Å². The lowest BCUT2D eigenvalue weighted by atomic mass is 10.4. The monoisotopic (exact) mass is 264 g/mol. The first-order valence-electron chi connectivity index (χ1n) is 3.86. The average Bonchev–Trinajstić information content (AvgIpc) is 2.17. The predicted molar refractivity (Wildman–Crippen MR) is 63.8 cm³/mol. The minimum absolute atomic E-state index is 0.00458. The quantitative estimate of drug-likeness (QED) is 0.652. The van der Waals surface area contributed by atoms with Crippen LogP contribution in [0.3, 0.4) is 0 Å². The molecule has 15 heavy (non-hydrogen) atoms. The van der Waals surface area contributed by atoms with Gasteiger partial charge in [-0.3, -0.25) is 0 Å². The van der Waals surface area contributed by atoms with Gasteiger partial charge in [-0.2, -0.15) is 8.42 Å². The standard InChI is InChI=1S/C8H9ClN2O2S2/c1-14-8(10)11-15(12,13)7-4-2-6(9)3-5-7/h2-5H,1H3,(H2,10,11). The number of hydrogen-bond donors (Lipinski definition) is 1. The Hall–Kier alpha value is -0.720. The molecule has 0 saturated carbocycles. The molecule has 7 heteroatoms. The molecule has 1 rings (SSSR count). The maximum Gasteiger partial charge on any atom is 0.284 e. The van der Waals surface area contributed by atoms with Crippen molar-refractivity contribution >= 4 is 38.6 Å². The van der Waals surface area contributed by atoms with E-state index >= 15 is 0 Å². The first kappa shape index (κ1) is 12.4. The number of amidine groups is 1. The summed E-state index contributed by atoms with van der Waals surface area (Å²) in [7, 11) is -3.70. The Balaban J connectivity index is 3.13. The fourth-order valence-electron chi connectivity index (χ4n) is 0.815. The van der Waals surface area contributed by atoms with E-state index < -0.39 is 10.0 Å². The molecule has 0 aliphatic rings. The van der Waals surface area contributed by atoms with Crippen molar-refractivity contribution in [3.05, 3.63) is 29.3 Å². The van der Waals surface area contributed by atoms with Crippen molar-refractivity contribution in [2.24, 2.45) is 10.1 Å². The number of benzene rings is 1. The molecule has 1 aromatic rings. The predicted octanol–water partition coefficient (Wildman–Crippen LogP) is 1.71. The summed E-state index contributed by atoms with van der Waals surface area (Å²) in [6.45, 7) is 0. The van der Waals surface area contributed by atoms with Crippen LogP contribution in [0, 0.1) is 0 Å².